The number of aryl methyl sites for hydroxylation is 4. The lowest BCUT2D eigenvalue weighted by Gasteiger charge is -2.21. The fraction of sp³-hybridized carbons (Fsp3) is 0.0513. The summed E-state index contributed by atoms with van der Waals surface area (Å²) in [6.45, 7) is 9.00. The molecule has 0 bridgehead atoms. The predicted molar refractivity (Wildman–Crippen MR) is 342 cm³/mol. The van der Waals surface area contributed by atoms with Crippen LogP contribution < -0.4 is 0 Å². The number of fused-ring (bicyclic) bond motifs is 8. The van der Waals surface area contributed by atoms with E-state index in [2.05, 4.69) is 304 Å². The van der Waals surface area contributed by atoms with Crippen LogP contribution in [0.5, 0.6) is 0 Å². The van der Waals surface area contributed by atoms with Crippen LogP contribution in [0.1, 0.15) is 22.3 Å². The van der Waals surface area contributed by atoms with Crippen LogP contribution in [0.4, 0.5) is 0 Å². The SMILES string of the molecule is Cc1cc2c(-c3ccc(-c4ccc(-c5ccc6c(c5)c5ccccc5n6-c5ccccc5)cc4)cc3)c3cc(C)c(C)cc3c(-c3ccc(-c4ccc(-c5ccc6c(c5)c5ccccc5n6-c5ccccc5)cc4)cc3)c2cc1C. The minimum Gasteiger partial charge on any atom is -0.309 e. The lowest BCUT2D eigenvalue weighted by Crippen LogP contribution is -1.95. The van der Waals surface area contributed by atoms with Crippen molar-refractivity contribution < 1.29 is 0 Å². The van der Waals surface area contributed by atoms with Crippen LogP contribution in [0.3, 0.4) is 0 Å². The maximum atomic E-state index is 2.43. The average Bonchev–Trinajstić information content (AvgIpc) is 4.18. The lowest BCUT2D eigenvalue weighted by molar-refractivity contribution is 1.18. The van der Waals surface area contributed by atoms with Crippen molar-refractivity contribution in [1.82, 2.24) is 9.13 Å². The normalized spacial score (nSPS) is 11.8. The van der Waals surface area contributed by atoms with Crippen molar-refractivity contribution in [2.45, 2.75) is 27.7 Å². The van der Waals surface area contributed by atoms with E-state index >= 15 is 0 Å². The van der Waals surface area contributed by atoms with Crippen molar-refractivity contribution in [1.29, 1.82) is 0 Å². The third kappa shape index (κ3) is 7.78. The Labute approximate surface area is 466 Å². The summed E-state index contributed by atoms with van der Waals surface area (Å²) in [5, 5.41) is 10.2. The standard InChI is InChI=1S/C78H56N2/c1-49-43-69-70(44-50(49)2)78(60-37-33-56(34-38-60)54-25-29-58(30-26-54)62-40-42-76-68(48-62)66-20-12-14-22-74(66)80(76)64-17-9-6-10-18-64)72-46-52(4)51(3)45-71(72)77(69)59-35-31-55(32-36-59)53-23-27-57(28-24-53)61-39-41-75-67(47-61)65-19-11-13-21-73(65)79(75)63-15-7-5-8-16-63/h5-48H,1-4H3. The number of nitrogens with zero attached hydrogens (tertiary/aromatic N) is 2. The van der Waals surface area contributed by atoms with Gasteiger partial charge in [-0.3, -0.25) is 0 Å². The van der Waals surface area contributed by atoms with E-state index in [1.165, 1.54) is 166 Å². The summed E-state index contributed by atoms with van der Waals surface area (Å²) in [5.41, 5.74) is 27.0. The topological polar surface area (TPSA) is 9.86 Å². The Balaban J connectivity index is 0.750. The van der Waals surface area contributed by atoms with E-state index in [-0.39, 0.29) is 0 Å². The number of hydrogen-bond donors (Lipinski definition) is 0. The van der Waals surface area contributed by atoms with Gasteiger partial charge < -0.3 is 9.13 Å². The Kier molecular flexibility index (Phi) is 11.1. The zero-order valence-electron chi connectivity index (χ0n) is 45.3. The molecule has 2 nitrogen and oxygen atoms in total. The Morgan fingerprint density at radius 2 is 0.438 bits per heavy atom. The molecule has 0 unspecified atom stereocenters. The van der Waals surface area contributed by atoms with E-state index in [0.29, 0.717) is 0 Å². The molecule has 2 aromatic heterocycles. The zero-order valence-corrected chi connectivity index (χ0v) is 45.3. The van der Waals surface area contributed by atoms with Crippen LogP contribution >= 0.6 is 0 Å². The van der Waals surface area contributed by atoms with Gasteiger partial charge in [0.15, 0.2) is 0 Å². The van der Waals surface area contributed by atoms with Crippen molar-refractivity contribution in [3.63, 3.8) is 0 Å². The maximum absolute atomic E-state index is 2.43. The molecule has 0 N–H and O–H groups in total. The lowest BCUT2D eigenvalue weighted by atomic mass is 9.83. The van der Waals surface area contributed by atoms with Gasteiger partial charge >= 0.3 is 0 Å². The second-order valence-corrected chi connectivity index (χ2v) is 21.9. The molecule has 0 spiro atoms. The Hall–Kier alpha value is -10.0. The third-order valence-corrected chi connectivity index (χ3v) is 17.2. The fourth-order valence-electron chi connectivity index (χ4n) is 12.8. The number of benzene rings is 13. The molecule has 0 amide bonds. The first kappa shape index (κ1) is 47.2. The van der Waals surface area contributed by atoms with Crippen LogP contribution in [-0.2, 0) is 0 Å². The molecule has 0 fully saturated rings. The molecule has 0 aliphatic heterocycles. The van der Waals surface area contributed by atoms with Gasteiger partial charge in [-0.15, -0.1) is 0 Å². The summed E-state index contributed by atoms with van der Waals surface area (Å²) in [5.74, 6) is 0. The summed E-state index contributed by atoms with van der Waals surface area (Å²) in [7, 11) is 0. The van der Waals surface area contributed by atoms with Crippen molar-refractivity contribution in [3.05, 3.63) is 289 Å². The summed E-state index contributed by atoms with van der Waals surface area (Å²) >= 11 is 0. The van der Waals surface area contributed by atoms with E-state index in [0.717, 1.165) is 0 Å². The molecule has 378 valence electrons. The summed E-state index contributed by atoms with van der Waals surface area (Å²) < 4.78 is 4.75. The molecule has 0 aliphatic rings. The Morgan fingerprint density at radius 3 is 0.762 bits per heavy atom. The second kappa shape index (κ2) is 18.9. The molecule has 80 heavy (non-hydrogen) atoms. The van der Waals surface area contributed by atoms with Gasteiger partial charge in [-0.2, -0.15) is 0 Å². The molecule has 0 atom stereocenters. The average molecular weight is 1020 g/mol. The molecule has 15 rings (SSSR count). The molecule has 13 aromatic carbocycles. The Bertz CT molecular complexity index is 4520. The number of rotatable bonds is 8. The first-order valence-electron chi connectivity index (χ1n) is 27.9. The number of aromatic nitrogens is 2. The van der Waals surface area contributed by atoms with Crippen LogP contribution in [0.25, 0.3) is 143 Å². The number of hydrogen-bond acceptors (Lipinski definition) is 0. The fourth-order valence-corrected chi connectivity index (χ4v) is 12.8. The highest BCUT2D eigenvalue weighted by molar-refractivity contribution is 6.22. The van der Waals surface area contributed by atoms with E-state index in [1.807, 2.05) is 0 Å². The van der Waals surface area contributed by atoms with Gasteiger partial charge in [0.25, 0.3) is 0 Å². The van der Waals surface area contributed by atoms with Crippen molar-refractivity contribution in [2.24, 2.45) is 0 Å². The predicted octanol–water partition coefficient (Wildman–Crippen LogP) is 21.4. The minimum atomic E-state index is 1.17. The van der Waals surface area contributed by atoms with Crippen LogP contribution in [0.15, 0.2) is 267 Å². The van der Waals surface area contributed by atoms with Gasteiger partial charge in [-0.1, -0.05) is 206 Å². The number of para-hydroxylation sites is 4. The highest BCUT2D eigenvalue weighted by atomic mass is 15.0. The first-order chi connectivity index (χ1) is 39.3. The highest BCUT2D eigenvalue weighted by Gasteiger charge is 2.21. The van der Waals surface area contributed by atoms with Crippen LogP contribution in [0.2, 0.25) is 0 Å². The molecule has 2 heterocycles. The van der Waals surface area contributed by atoms with Crippen molar-refractivity contribution in [2.75, 3.05) is 0 Å². The van der Waals surface area contributed by atoms with E-state index < -0.39 is 0 Å². The first-order valence-corrected chi connectivity index (χ1v) is 27.9. The maximum Gasteiger partial charge on any atom is 0.0541 e. The van der Waals surface area contributed by atoms with Crippen LogP contribution in [0, 0.1) is 27.7 Å². The largest absolute Gasteiger partial charge is 0.309 e. The van der Waals surface area contributed by atoms with Crippen molar-refractivity contribution in [3.8, 4) is 78.1 Å². The summed E-state index contributed by atoms with van der Waals surface area (Å²) in [6.07, 6.45) is 0. The molecule has 2 heteroatoms. The molecule has 0 radical (unpaired) electrons. The quantitative estimate of drug-likeness (QED) is 0.134. The van der Waals surface area contributed by atoms with Gasteiger partial charge in [0.05, 0.1) is 22.1 Å². The molecule has 0 saturated heterocycles. The monoisotopic (exact) mass is 1020 g/mol. The van der Waals surface area contributed by atoms with E-state index in [4.69, 9.17) is 0 Å². The highest BCUT2D eigenvalue weighted by Crippen LogP contribution is 2.47. The smallest absolute Gasteiger partial charge is 0.0541 e. The third-order valence-electron chi connectivity index (χ3n) is 17.2. The van der Waals surface area contributed by atoms with Gasteiger partial charge in [-0.25, -0.2) is 0 Å². The summed E-state index contributed by atoms with van der Waals surface area (Å²) in [4.78, 5) is 0. The Morgan fingerprint density at radius 1 is 0.188 bits per heavy atom. The van der Waals surface area contributed by atoms with Gasteiger partial charge in [0.1, 0.15) is 0 Å². The summed E-state index contributed by atoms with van der Waals surface area (Å²) in [6, 6.07) is 99.0. The van der Waals surface area contributed by atoms with Crippen LogP contribution in [-0.4, -0.2) is 9.13 Å². The van der Waals surface area contributed by atoms with Gasteiger partial charge in [-0.05, 0) is 199 Å². The van der Waals surface area contributed by atoms with Crippen molar-refractivity contribution >= 4 is 65.2 Å². The van der Waals surface area contributed by atoms with E-state index in [1.54, 1.807) is 0 Å². The van der Waals surface area contributed by atoms with Gasteiger partial charge in [0.2, 0.25) is 0 Å². The zero-order chi connectivity index (χ0) is 53.6. The van der Waals surface area contributed by atoms with E-state index in [9.17, 15) is 0 Å². The molecular weight excluding hydrogens is 965 g/mol. The van der Waals surface area contributed by atoms with Gasteiger partial charge in [0, 0.05) is 32.9 Å². The minimum absolute atomic E-state index is 1.17. The molecule has 15 aromatic rings. The molecular formula is C78H56N2. The second-order valence-electron chi connectivity index (χ2n) is 21.9. The molecule has 0 saturated carbocycles. The molecule has 0 aliphatic carbocycles.